The zero-order valence-corrected chi connectivity index (χ0v) is 16.5. The molecule has 1 aliphatic rings. The first kappa shape index (κ1) is 18.9. The van der Waals surface area contributed by atoms with Gasteiger partial charge in [-0.3, -0.25) is 4.79 Å². The Morgan fingerprint density at radius 2 is 2.31 bits per heavy atom. The Morgan fingerprint density at radius 3 is 3.00 bits per heavy atom. The molecule has 1 atom stereocenters. The first-order valence-corrected chi connectivity index (χ1v) is 10.7. The lowest BCUT2D eigenvalue weighted by Crippen LogP contribution is -2.51. The highest BCUT2D eigenvalue weighted by molar-refractivity contribution is 8.00. The van der Waals surface area contributed by atoms with Crippen LogP contribution in [-0.2, 0) is 17.8 Å². The summed E-state index contributed by atoms with van der Waals surface area (Å²) in [5.74, 6) is -0.105. The van der Waals surface area contributed by atoms with E-state index in [4.69, 9.17) is 0 Å². The van der Waals surface area contributed by atoms with Crippen LogP contribution in [0.15, 0.2) is 29.0 Å². The van der Waals surface area contributed by atoms with Crippen LogP contribution in [0, 0.1) is 11.3 Å². The third-order valence-corrected chi connectivity index (χ3v) is 6.73. The summed E-state index contributed by atoms with van der Waals surface area (Å²) in [6.45, 7) is 2.64. The Bertz CT molecular complexity index is 759. The van der Waals surface area contributed by atoms with Gasteiger partial charge in [0, 0.05) is 11.4 Å². The van der Waals surface area contributed by atoms with Gasteiger partial charge in [-0.05, 0) is 37.6 Å². The largest absolute Gasteiger partial charge is 0.337 e. The van der Waals surface area contributed by atoms with Crippen molar-refractivity contribution in [1.82, 2.24) is 20.1 Å². The average Bonchev–Trinajstić information content (AvgIpc) is 3.32. The number of carbonyl (C=O) groups excluding carboxylic acids is 1. The van der Waals surface area contributed by atoms with Gasteiger partial charge in [0.25, 0.3) is 0 Å². The normalized spacial score (nSPS) is 17.4. The van der Waals surface area contributed by atoms with E-state index in [2.05, 4.69) is 33.0 Å². The fourth-order valence-corrected chi connectivity index (χ4v) is 4.69. The van der Waals surface area contributed by atoms with E-state index in [-0.39, 0.29) is 11.2 Å². The van der Waals surface area contributed by atoms with Crippen molar-refractivity contribution in [3.63, 3.8) is 0 Å². The lowest BCUT2D eigenvalue weighted by Gasteiger charge is -2.32. The molecular weight excluding hydrogens is 366 g/mol. The van der Waals surface area contributed by atoms with Gasteiger partial charge in [-0.15, -0.1) is 21.5 Å². The van der Waals surface area contributed by atoms with Gasteiger partial charge >= 0.3 is 0 Å². The van der Waals surface area contributed by atoms with Crippen LogP contribution in [0.2, 0.25) is 0 Å². The number of thiophene rings is 1. The summed E-state index contributed by atoms with van der Waals surface area (Å²) in [5, 5.41) is 23.2. The molecule has 2 heterocycles. The van der Waals surface area contributed by atoms with E-state index < -0.39 is 5.54 Å². The number of nitrogens with one attached hydrogen (secondary N) is 1. The fraction of sp³-hybridized carbons (Fsp3) is 0.556. The molecule has 1 N–H and O–H groups in total. The van der Waals surface area contributed by atoms with Crippen LogP contribution in [-0.4, -0.2) is 31.5 Å². The molecule has 26 heavy (non-hydrogen) atoms. The summed E-state index contributed by atoms with van der Waals surface area (Å²) in [7, 11) is 0. The Morgan fingerprint density at radius 1 is 1.50 bits per heavy atom. The zero-order valence-electron chi connectivity index (χ0n) is 14.9. The van der Waals surface area contributed by atoms with E-state index >= 15 is 0 Å². The first-order chi connectivity index (χ1) is 12.6. The van der Waals surface area contributed by atoms with Gasteiger partial charge in [0.2, 0.25) is 5.91 Å². The van der Waals surface area contributed by atoms with Gasteiger partial charge in [-0.1, -0.05) is 37.1 Å². The number of carbonyl (C=O) groups is 1. The Labute approximate surface area is 162 Å². The van der Waals surface area contributed by atoms with Crippen molar-refractivity contribution in [2.45, 2.75) is 67.9 Å². The molecule has 0 saturated heterocycles. The highest BCUT2D eigenvalue weighted by atomic mass is 32.2. The van der Waals surface area contributed by atoms with Crippen molar-refractivity contribution in [1.29, 1.82) is 5.26 Å². The van der Waals surface area contributed by atoms with Gasteiger partial charge in [0.15, 0.2) is 5.16 Å². The number of rotatable bonds is 7. The third-order valence-electron chi connectivity index (χ3n) is 4.69. The number of hydrogen-bond donors (Lipinski definition) is 1. The van der Waals surface area contributed by atoms with Gasteiger partial charge in [-0.2, -0.15) is 5.26 Å². The minimum Gasteiger partial charge on any atom is -0.337 e. The Hall–Kier alpha value is -1.85. The molecule has 3 rings (SSSR count). The number of thioether (sulfide) groups is 1. The molecule has 6 nitrogen and oxygen atoms in total. The average molecular weight is 390 g/mol. The van der Waals surface area contributed by atoms with Crippen molar-refractivity contribution >= 4 is 29.0 Å². The number of nitriles is 1. The van der Waals surface area contributed by atoms with Crippen molar-refractivity contribution in [3.05, 3.63) is 28.7 Å². The van der Waals surface area contributed by atoms with Crippen molar-refractivity contribution < 1.29 is 4.79 Å². The molecule has 0 aliphatic heterocycles. The maximum absolute atomic E-state index is 12.6. The molecule has 2 aromatic rings. The summed E-state index contributed by atoms with van der Waals surface area (Å²) < 4.78 is 1.98. The number of aryl methyl sites for hydroxylation is 2. The van der Waals surface area contributed by atoms with Crippen LogP contribution >= 0.6 is 23.1 Å². The zero-order chi connectivity index (χ0) is 18.4. The number of amides is 1. The maximum Gasteiger partial charge on any atom is 0.234 e. The third kappa shape index (κ3) is 4.65. The van der Waals surface area contributed by atoms with Gasteiger partial charge in [0.05, 0.1) is 11.3 Å². The quantitative estimate of drug-likeness (QED) is 0.734. The summed E-state index contributed by atoms with van der Waals surface area (Å²) in [4.78, 5) is 13.9. The molecule has 1 amide bonds. The smallest absolute Gasteiger partial charge is 0.234 e. The van der Waals surface area contributed by atoms with Crippen LogP contribution in [0.4, 0.5) is 0 Å². The van der Waals surface area contributed by atoms with Crippen LogP contribution < -0.4 is 5.32 Å². The summed E-state index contributed by atoms with van der Waals surface area (Å²) >= 11 is 3.13. The lowest BCUT2D eigenvalue weighted by atomic mass is 9.83. The first-order valence-electron chi connectivity index (χ1n) is 8.92. The molecule has 0 radical (unpaired) electrons. The molecule has 0 spiro atoms. The van der Waals surface area contributed by atoms with Crippen LogP contribution in [0.25, 0.3) is 0 Å². The molecule has 1 fully saturated rings. The number of nitrogens with zero attached hydrogens (tertiary/aromatic N) is 4. The van der Waals surface area contributed by atoms with Crippen molar-refractivity contribution in [2.24, 2.45) is 0 Å². The Kier molecular flexibility index (Phi) is 6.33. The van der Waals surface area contributed by atoms with E-state index in [0.717, 1.165) is 50.2 Å². The second-order valence-corrected chi connectivity index (χ2v) is 8.98. The molecule has 1 aliphatic carbocycles. The predicted octanol–water partition coefficient (Wildman–Crippen LogP) is 3.41. The summed E-state index contributed by atoms with van der Waals surface area (Å²) in [6, 6.07) is 6.50. The van der Waals surface area contributed by atoms with Crippen molar-refractivity contribution in [3.8, 4) is 6.07 Å². The molecule has 138 valence electrons. The van der Waals surface area contributed by atoms with E-state index in [1.165, 1.54) is 16.6 Å². The van der Waals surface area contributed by atoms with Crippen molar-refractivity contribution in [2.75, 3.05) is 0 Å². The Balaban J connectivity index is 1.57. The molecule has 0 bridgehead atoms. The standard InChI is InChI=1S/C18H23N5OS2/c1-14(16(24)21-18(12-19)8-3-2-4-9-18)26-17-22-20-13-23(17)10-7-15-6-5-11-25-15/h5-6,11,13-14H,2-4,7-10H2,1H3,(H,21,24). The molecule has 0 aromatic carbocycles. The second kappa shape index (κ2) is 8.69. The van der Waals surface area contributed by atoms with E-state index in [1.54, 1.807) is 17.7 Å². The summed E-state index contributed by atoms with van der Waals surface area (Å²) in [5.41, 5.74) is -0.697. The van der Waals surface area contributed by atoms with Crippen LogP contribution in [0.5, 0.6) is 0 Å². The van der Waals surface area contributed by atoms with Gasteiger partial charge in [-0.25, -0.2) is 0 Å². The van der Waals surface area contributed by atoms with E-state index in [1.807, 2.05) is 17.6 Å². The molecule has 1 unspecified atom stereocenters. The predicted molar refractivity (Wildman–Crippen MR) is 103 cm³/mol. The SMILES string of the molecule is CC(Sc1nncn1CCc1cccs1)C(=O)NC1(C#N)CCCCC1. The molecular formula is C18H23N5OS2. The minimum absolute atomic E-state index is 0.105. The van der Waals surface area contributed by atoms with E-state index in [9.17, 15) is 10.1 Å². The fourth-order valence-electron chi connectivity index (χ4n) is 3.14. The topological polar surface area (TPSA) is 83.6 Å². The minimum atomic E-state index is -0.697. The molecule has 1 saturated carbocycles. The van der Waals surface area contributed by atoms with Gasteiger partial charge in [0.1, 0.15) is 11.9 Å². The van der Waals surface area contributed by atoms with E-state index in [0.29, 0.717) is 0 Å². The molecule has 8 heteroatoms. The monoisotopic (exact) mass is 389 g/mol. The molecule has 2 aromatic heterocycles. The second-order valence-electron chi connectivity index (χ2n) is 6.64. The lowest BCUT2D eigenvalue weighted by molar-refractivity contribution is -0.121. The highest BCUT2D eigenvalue weighted by Gasteiger charge is 2.35. The summed E-state index contributed by atoms with van der Waals surface area (Å²) in [6.07, 6.45) is 7.23. The van der Waals surface area contributed by atoms with Crippen LogP contribution in [0.3, 0.4) is 0 Å². The number of hydrogen-bond acceptors (Lipinski definition) is 6. The number of aromatic nitrogens is 3. The maximum atomic E-state index is 12.6. The van der Waals surface area contributed by atoms with Gasteiger partial charge < -0.3 is 9.88 Å². The highest BCUT2D eigenvalue weighted by Crippen LogP contribution is 2.29. The van der Waals surface area contributed by atoms with Crippen LogP contribution in [0.1, 0.15) is 43.9 Å².